The Morgan fingerprint density at radius 3 is 2.39 bits per heavy atom. The van der Waals surface area contributed by atoms with Gasteiger partial charge in [0.15, 0.2) is 5.78 Å². The highest BCUT2D eigenvalue weighted by atomic mass is 35.5. The largest absolute Gasteiger partial charge is 0.464 e. The van der Waals surface area contributed by atoms with Crippen molar-refractivity contribution in [3.05, 3.63) is 55.9 Å². The first-order valence-corrected chi connectivity index (χ1v) is 12.0. The molecule has 0 aliphatic rings. The molecule has 0 N–H and O–H groups in total. The molecule has 0 spiro atoms. The van der Waals surface area contributed by atoms with Gasteiger partial charge in [0.25, 0.3) is 5.69 Å². The van der Waals surface area contributed by atoms with E-state index in [9.17, 15) is 28.1 Å². The van der Waals surface area contributed by atoms with Crippen LogP contribution < -0.4 is 0 Å². The van der Waals surface area contributed by atoms with Gasteiger partial charge in [0.1, 0.15) is 10.7 Å². The molecule has 0 aliphatic carbocycles. The molecule has 0 radical (unpaired) electrons. The Morgan fingerprint density at radius 1 is 1.24 bits per heavy atom. The number of sulfonamides is 1. The maximum absolute atomic E-state index is 13.3. The summed E-state index contributed by atoms with van der Waals surface area (Å²) < 4.78 is 34.0. The number of hydrogen-bond acceptors (Lipinski definition) is 7. The van der Waals surface area contributed by atoms with Crippen LogP contribution in [0.3, 0.4) is 0 Å². The number of rotatable bonds is 10. The number of Topliss-reactive ketones (excluding diaryl/α,β-unsaturated/α-hetero) is 1. The van der Waals surface area contributed by atoms with Crippen molar-refractivity contribution < 1.29 is 27.7 Å². The zero-order valence-electron chi connectivity index (χ0n) is 19.0. The number of nitrogens with zero attached hydrogens (tertiary/aromatic N) is 3. The first-order valence-electron chi connectivity index (χ1n) is 10.2. The fourth-order valence-corrected chi connectivity index (χ4v) is 5.47. The number of esters is 1. The average molecular weight is 500 g/mol. The quantitative estimate of drug-likeness (QED) is 0.210. The van der Waals surface area contributed by atoms with Crippen LogP contribution >= 0.6 is 11.6 Å². The summed E-state index contributed by atoms with van der Waals surface area (Å²) in [5, 5.41) is 11.0. The molecule has 0 unspecified atom stereocenters. The second kappa shape index (κ2) is 10.4. The predicted molar refractivity (Wildman–Crippen MR) is 122 cm³/mol. The van der Waals surface area contributed by atoms with Gasteiger partial charge in [0.05, 0.1) is 23.5 Å². The van der Waals surface area contributed by atoms with Gasteiger partial charge >= 0.3 is 5.97 Å². The first-order chi connectivity index (χ1) is 15.4. The Bertz CT molecular complexity index is 1200. The lowest BCUT2D eigenvalue weighted by Crippen LogP contribution is -2.36. The Balaban J connectivity index is 2.52. The van der Waals surface area contributed by atoms with Crippen molar-refractivity contribution in [3.63, 3.8) is 0 Å². The summed E-state index contributed by atoms with van der Waals surface area (Å²) in [6, 6.07) is 3.18. The third kappa shape index (κ3) is 5.10. The van der Waals surface area contributed by atoms with Crippen molar-refractivity contribution in [2.45, 2.75) is 45.6 Å². The lowest BCUT2D eigenvalue weighted by Gasteiger charge is -2.21. The summed E-state index contributed by atoms with van der Waals surface area (Å²) in [7, 11) is -3.00. The van der Waals surface area contributed by atoms with Gasteiger partial charge in [-0.25, -0.2) is 13.2 Å². The molecule has 2 rings (SSSR count). The van der Waals surface area contributed by atoms with Crippen molar-refractivity contribution in [3.8, 4) is 0 Å². The minimum atomic E-state index is -4.24. The number of carbonyl (C=O) groups is 2. The number of methoxy groups -OCH3 is 1. The van der Waals surface area contributed by atoms with Gasteiger partial charge in [-0.3, -0.25) is 14.9 Å². The van der Waals surface area contributed by atoms with Gasteiger partial charge < -0.3 is 9.30 Å². The normalized spacial score (nSPS) is 11.6. The Kier molecular flexibility index (Phi) is 8.39. The van der Waals surface area contributed by atoms with Gasteiger partial charge in [0, 0.05) is 30.4 Å². The number of nitro groups is 1. The van der Waals surface area contributed by atoms with Crippen LogP contribution in [0.5, 0.6) is 0 Å². The monoisotopic (exact) mass is 499 g/mol. The van der Waals surface area contributed by atoms with E-state index < -0.39 is 38.9 Å². The van der Waals surface area contributed by atoms with E-state index >= 15 is 0 Å². The molecule has 0 aliphatic heterocycles. The fourth-order valence-electron chi connectivity index (χ4n) is 3.78. The molecule has 12 heteroatoms. The van der Waals surface area contributed by atoms with Gasteiger partial charge in [-0.15, -0.1) is 0 Å². The second-order valence-corrected chi connectivity index (χ2v) is 9.65. The SMILES string of the molecule is CCCN(CC(=O)c1c(C)c(C(=O)OC)n(CC)c1C)S(=O)(=O)c1ccc(Cl)c([N+](=O)[O-])c1. The predicted octanol–water partition coefficient (Wildman–Crippen LogP) is 3.76. The van der Waals surface area contributed by atoms with Crippen molar-refractivity contribution in [1.29, 1.82) is 0 Å². The summed E-state index contributed by atoms with van der Waals surface area (Å²) in [6.07, 6.45) is 0.406. The van der Waals surface area contributed by atoms with E-state index in [1.54, 1.807) is 25.3 Å². The highest BCUT2D eigenvalue weighted by Gasteiger charge is 2.32. The smallest absolute Gasteiger partial charge is 0.354 e. The van der Waals surface area contributed by atoms with Crippen LogP contribution in [0.2, 0.25) is 5.02 Å². The van der Waals surface area contributed by atoms with Crippen LogP contribution in [-0.2, 0) is 21.3 Å². The molecular formula is C21H26ClN3O7S. The van der Waals surface area contributed by atoms with E-state index in [-0.39, 0.29) is 27.7 Å². The maximum atomic E-state index is 13.3. The number of aromatic nitrogens is 1. The van der Waals surface area contributed by atoms with Crippen molar-refractivity contribution in [2.75, 3.05) is 20.2 Å². The molecule has 0 atom stereocenters. The summed E-state index contributed by atoms with van der Waals surface area (Å²) >= 11 is 5.81. The molecular weight excluding hydrogens is 474 g/mol. The van der Waals surface area contributed by atoms with Gasteiger partial charge in [-0.1, -0.05) is 18.5 Å². The summed E-state index contributed by atoms with van der Waals surface area (Å²) in [5.74, 6) is -1.09. The van der Waals surface area contributed by atoms with Crippen LogP contribution in [0.1, 0.15) is 52.4 Å². The minimum absolute atomic E-state index is 0.0148. The van der Waals surface area contributed by atoms with Gasteiger partial charge in [-0.05, 0) is 44.9 Å². The third-order valence-electron chi connectivity index (χ3n) is 5.29. The molecule has 1 heterocycles. The molecule has 0 fully saturated rings. The summed E-state index contributed by atoms with van der Waals surface area (Å²) in [5.41, 5.74) is 0.864. The van der Waals surface area contributed by atoms with E-state index in [0.717, 1.165) is 22.5 Å². The van der Waals surface area contributed by atoms with Gasteiger partial charge in [0.2, 0.25) is 10.0 Å². The molecule has 2 aromatic rings. The lowest BCUT2D eigenvalue weighted by atomic mass is 10.1. The summed E-state index contributed by atoms with van der Waals surface area (Å²) in [4.78, 5) is 35.6. The van der Waals surface area contributed by atoms with Crippen molar-refractivity contribution >= 4 is 39.1 Å². The Labute approximate surface area is 197 Å². The van der Waals surface area contributed by atoms with E-state index in [1.807, 2.05) is 6.92 Å². The van der Waals surface area contributed by atoms with Crippen LogP contribution in [0.15, 0.2) is 23.1 Å². The third-order valence-corrected chi connectivity index (χ3v) is 7.45. The summed E-state index contributed by atoms with van der Waals surface area (Å²) in [6.45, 7) is 6.78. The number of ketones is 1. The van der Waals surface area contributed by atoms with E-state index in [4.69, 9.17) is 16.3 Å². The van der Waals surface area contributed by atoms with Crippen LogP contribution in [0.25, 0.3) is 0 Å². The Hall–Kier alpha value is -2.76. The number of hydrogen-bond donors (Lipinski definition) is 0. The number of ether oxygens (including phenoxy) is 1. The number of halogens is 1. The average Bonchev–Trinajstić information content (AvgIpc) is 3.01. The topological polar surface area (TPSA) is 129 Å². The highest BCUT2D eigenvalue weighted by Crippen LogP contribution is 2.29. The van der Waals surface area contributed by atoms with Crippen LogP contribution in [0.4, 0.5) is 5.69 Å². The molecule has 33 heavy (non-hydrogen) atoms. The zero-order valence-corrected chi connectivity index (χ0v) is 20.6. The molecule has 0 amide bonds. The van der Waals surface area contributed by atoms with E-state index in [1.165, 1.54) is 7.11 Å². The van der Waals surface area contributed by atoms with Crippen molar-refractivity contribution in [2.24, 2.45) is 0 Å². The van der Waals surface area contributed by atoms with Gasteiger partial charge in [-0.2, -0.15) is 4.31 Å². The van der Waals surface area contributed by atoms with Crippen LogP contribution in [-0.4, -0.2) is 54.2 Å². The zero-order chi connectivity index (χ0) is 25.1. The molecule has 0 bridgehead atoms. The molecule has 1 aromatic carbocycles. The Morgan fingerprint density at radius 2 is 1.88 bits per heavy atom. The molecule has 10 nitrogen and oxygen atoms in total. The number of carbonyl (C=O) groups excluding carboxylic acids is 2. The molecule has 180 valence electrons. The molecule has 0 saturated carbocycles. The number of benzene rings is 1. The molecule has 1 aromatic heterocycles. The van der Waals surface area contributed by atoms with E-state index in [2.05, 4.69) is 0 Å². The second-order valence-electron chi connectivity index (χ2n) is 7.30. The lowest BCUT2D eigenvalue weighted by molar-refractivity contribution is -0.384. The first kappa shape index (κ1) is 26.5. The number of nitro benzene ring substituents is 1. The standard InChI is InChI=1S/C21H26ClN3O7S/c1-6-10-23(33(30,31)15-8-9-16(22)17(11-15)25(28)29)12-18(26)19-13(3)20(21(27)32-5)24(7-2)14(19)4/h8-9,11H,6-7,10,12H2,1-5H3. The van der Waals surface area contributed by atoms with Crippen molar-refractivity contribution in [1.82, 2.24) is 8.87 Å². The van der Waals surface area contributed by atoms with Crippen LogP contribution in [0, 0.1) is 24.0 Å². The van der Waals surface area contributed by atoms with E-state index in [0.29, 0.717) is 24.2 Å². The fraction of sp³-hybridized carbons (Fsp3) is 0.429. The maximum Gasteiger partial charge on any atom is 0.354 e. The minimum Gasteiger partial charge on any atom is -0.464 e. The molecule has 0 saturated heterocycles. The highest BCUT2D eigenvalue weighted by molar-refractivity contribution is 7.89.